The van der Waals surface area contributed by atoms with Crippen molar-refractivity contribution in [1.82, 2.24) is 4.98 Å². The van der Waals surface area contributed by atoms with Crippen LogP contribution in [0.1, 0.15) is 18.9 Å². The largest absolute Gasteiger partial charge is 0.478 e. The Bertz CT molecular complexity index is 396. The molecule has 1 rings (SSSR count). The predicted octanol–water partition coefficient (Wildman–Crippen LogP) is 3.27. The van der Waals surface area contributed by atoms with E-state index in [-0.39, 0.29) is 10.3 Å². The van der Waals surface area contributed by atoms with Crippen molar-refractivity contribution in [3.05, 3.63) is 33.6 Å². The Hall–Kier alpha value is -1.06. The van der Waals surface area contributed by atoms with Crippen molar-refractivity contribution in [3.8, 4) is 0 Å². The van der Waals surface area contributed by atoms with E-state index in [9.17, 15) is 4.79 Å². The first kappa shape index (κ1) is 12.0. The molecule has 0 atom stereocenters. The summed E-state index contributed by atoms with van der Waals surface area (Å²) in [4.78, 5) is 14.5. The van der Waals surface area contributed by atoms with Crippen LogP contribution < -0.4 is 0 Å². The maximum absolute atomic E-state index is 10.8. The summed E-state index contributed by atoms with van der Waals surface area (Å²) in [5, 5.41) is 9.31. The Morgan fingerprint density at radius 2 is 2.00 bits per heavy atom. The second-order valence-corrected chi connectivity index (χ2v) is 3.65. The van der Waals surface area contributed by atoms with Crippen molar-refractivity contribution in [2.75, 3.05) is 0 Å². The van der Waals surface area contributed by atoms with Crippen molar-refractivity contribution in [1.29, 1.82) is 0 Å². The number of aromatic nitrogens is 1. The number of carbonyl (C=O) groups is 1. The van der Waals surface area contributed by atoms with Crippen molar-refractivity contribution in [2.45, 2.75) is 13.3 Å². The molecule has 0 saturated heterocycles. The minimum absolute atomic E-state index is 0.245. The van der Waals surface area contributed by atoms with E-state index in [1.165, 1.54) is 6.08 Å². The van der Waals surface area contributed by atoms with Crippen molar-refractivity contribution >= 4 is 35.2 Å². The minimum atomic E-state index is -0.943. The second kappa shape index (κ2) is 5.14. The molecule has 3 nitrogen and oxygen atoms in total. The molecule has 5 heteroatoms. The van der Waals surface area contributed by atoms with Gasteiger partial charge in [0.15, 0.2) is 0 Å². The molecule has 0 aromatic carbocycles. The fourth-order valence-corrected chi connectivity index (χ4v) is 1.56. The first-order valence-electron chi connectivity index (χ1n) is 4.30. The van der Waals surface area contributed by atoms with Crippen LogP contribution in [0.2, 0.25) is 10.3 Å². The summed E-state index contributed by atoms with van der Waals surface area (Å²) < 4.78 is 0. The topological polar surface area (TPSA) is 50.2 Å². The normalized spacial score (nSPS) is 11.5. The van der Waals surface area contributed by atoms with Crippen molar-refractivity contribution < 1.29 is 9.90 Å². The van der Waals surface area contributed by atoms with Gasteiger partial charge in [-0.2, -0.15) is 0 Å². The highest BCUT2D eigenvalue weighted by atomic mass is 35.5. The summed E-state index contributed by atoms with van der Waals surface area (Å²) in [6.07, 6.45) is 1.97. The van der Waals surface area contributed by atoms with Crippen LogP contribution in [0.15, 0.2) is 17.7 Å². The second-order valence-electron chi connectivity index (χ2n) is 2.87. The number of rotatable bonds is 3. The molecular formula is C10H9Cl2NO2. The van der Waals surface area contributed by atoms with E-state index < -0.39 is 5.97 Å². The van der Waals surface area contributed by atoms with Crippen LogP contribution in [0.25, 0.3) is 6.08 Å². The molecule has 80 valence electrons. The van der Waals surface area contributed by atoms with Gasteiger partial charge in [0, 0.05) is 5.57 Å². The number of carboxylic acid groups (broad SMARTS) is 1. The van der Waals surface area contributed by atoms with Crippen molar-refractivity contribution in [2.24, 2.45) is 0 Å². The SMILES string of the molecule is CC/C(=C\c1cc(Cl)nc(Cl)c1)C(=O)O. The predicted molar refractivity (Wildman–Crippen MR) is 60.2 cm³/mol. The molecule has 1 heterocycles. The summed E-state index contributed by atoms with van der Waals surface area (Å²) in [6.45, 7) is 1.77. The average molecular weight is 246 g/mol. The van der Waals surface area contributed by atoms with Gasteiger partial charge in [-0.15, -0.1) is 0 Å². The molecule has 0 radical (unpaired) electrons. The standard InChI is InChI=1S/C10H9Cl2NO2/c1-2-7(10(14)15)3-6-4-8(11)13-9(12)5-6/h3-5H,2H2,1H3,(H,14,15)/b7-3+. The van der Waals surface area contributed by atoms with Gasteiger partial charge in [0.1, 0.15) is 10.3 Å². The maximum Gasteiger partial charge on any atom is 0.331 e. The van der Waals surface area contributed by atoms with E-state index in [4.69, 9.17) is 28.3 Å². The summed E-state index contributed by atoms with van der Waals surface area (Å²) >= 11 is 11.4. The molecule has 0 aliphatic heterocycles. The van der Waals surface area contributed by atoms with E-state index in [1.54, 1.807) is 19.1 Å². The van der Waals surface area contributed by atoms with Gasteiger partial charge in [0.05, 0.1) is 0 Å². The number of pyridine rings is 1. The van der Waals surface area contributed by atoms with E-state index >= 15 is 0 Å². The maximum atomic E-state index is 10.8. The fraction of sp³-hybridized carbons (Fsp3) is 0.200. The monoisotopic (exact) mass is 245 g/mol. The van der Waals surface area contributed by atoms with Crippen molar-refractivity contribution in [3.63, 3.8) is 0 Å². The zero-order valence-corrected chi connectivity index (χ0v) is 9.51. The van der Waals surface area contributed by atoms with Crippen LogP contribution in [0.4, 0.5) is 0 Å². The summed E-state index contributed by atoms with van der Waals surface area (Å²) in [7, 11) is 0. The van der Waals surface area contributed by atoms with Gasteiger partial charge in [-0.1, -0.05) is 30.1 Å². The lowest BCUT2D eigenvalue weighted by molar-refractivity contribution is -0.132. The van der Waals surface area contributed by atoms with E-state index in [0.717, 1.165) is 0 Å². The molecule has 0 aliphatic rings. The highest BCUT2D eigenvalue weighted by molar-refractivity contribution is 6.32. The molecular weight excluding hydrogens is 237 g/mol. The van der Waals surface area contributed by atoms with Gasteiger partial charge in [0.25, 0.3) is 0 Å². The average Bonchev–Trinajstić information content (AvgIpc) is 2.12. The van der Waals surface area contributed by atoms with E-state index in [1.807, 2.05) is 0 Å². The third-order valence-corrected chi connectivity index (χ3v) is 2.17. The lowest BCUT2D eigenvalue weighted by Crippen LogP contribution is -1.98. The molecule has 0 fully saturated rings. The molecule has 0 aliphatic carbocycles. The van der Waals surface area contributed by atoms with Gasteiger partial charge < -0.3 is 5.11 Å². The third kappa shape index (κ3) is 3.53. The van der Waals surface area contributed by atoms with Gasteiger partial charge in [-0.25, -0.2) is 9.78 Å². The lowest BCUT2D eigenvalue weighted by Gasteiger charge is -2.00. The Labute approximate surface area is 97.3 Å². The number of carboxylic acids is 1. The third-order valence-electron chi connectivity index (χ3n) is 1.78. The number of hydrogen-bond donors (Lipinski definition) is 1. The van der Waals surface area contributed by atoms with Gasteiger partial charge in [-0.05, 0) is 30.2 Å². The van der Waals surface area contributed by atoms with E-state index in [2.05, 4.69) is 4.98 Å². The van der Waals surface area contributed by atoms with Crippen LogP contribution in [-0.2, 0) is 4.79 Å². The summed E-state index contributed by atoms with van der Waals surface area (Å²) in [6, 6.07) is 3.12. The molecule has 1 N–H and O–H groups in total. The first-order chi connectivity index (χ1) is 7.02. The molecule has 0 unspecified atom stereocenters. The molecule has 0 amide bonds. The van der Waals surface area contributed by atoms with Crippen LogP contribution >= 0.6 is 23.2 Å². The zero-order chi connectivity index (χ0) is 11.4. The van der Waals surface area contributed by atoms with Crippen LogP contribution in [-0.4, -0.2) is 16.1 Å². The Morgan fingerprint density at radius 1 is 1.47 bits per heavy atom. The molecule has 1 aromatic heterocycles. The molecule has 0 bridgehead atoms. The fourth-order valence-electron chi connectivity index (χ4n) is 1.08. The van der Waals surface area contributed by atoms with Gasteiger partial charge in [-0.3, -0.25) is 0 Å². The smallest absolute Gasteiger partial charge is 0.331 e. The highest BCUT2D eigenvalue weighted by Gasteiger charge is 2.05. The quantitative estimate of drug-likeness (QED) is 0.657. The van der Waals surface area contributed by atoms with Gasteiger partial charge >= 0.3 is 5.97 Å². The highest BCUT2D eigenvalue weighted by Crippen LogP contribution is 2.18. The number of aliphatic carboxylic acids is 1. The number of nitrogens with zero attached hydrogens (tertiary/aromatic N) is 1. The van der Waals surface area contributed by atoms with Crippen LogP contribution in [0.5, 0.6) is 0 Å². The Morgan fingerprint density at radius 3 is 2.40 bits per heavy atom. The van der Waals surface area contributed by atoms with Crippen LogP contribution in [0, 0.1) is 0 Å². The van der Waals surface area contributed by atoms with Crippen LogP contribution in [0.3, 0.4) is 0 Å². The molecule has 1 aromatic rings. The number of hydrogen-bond acceptors (Lipinski definition) is 2. The lowest BCUT2D eigenvalue weighted by atomic mass is 10.1. The zero-order valence-electron chi connectivity index (χ0n) is 8.00. The van der Waals surface area contributed by atoms with Gasteiger partial charge in [0.2, 0.25) is 0 Å². The Balaban J connectivity index is 3.11. The summed E-state index contributed by atoms with van der Waals surface area (Å²) in [5.74, 6) is -0.943. The molecule has 0 saturated carbocycles. The molecule has 15 heavy (non-hydrogen) atoms. The molecule has 0 spiro atoms. The number of halogens is 2. The van der Waals surface area contributed by atoms with E-state index in [0.29, 0.717) is 17.6 Å². The first-order valence-corrected chi connectivity index (χ1v) is 5.05. The summed E-state index contributed by atoms with van der Waals surface area (Å²) in [5.41, 5.74) is 0.938. The Kier molecular flexibility index (Phi) is 4.12. The minimum Gasteiger partial charge on any atom is -0.478 e.